The van der Waals surface area contributed by atoms with Gasteiger partial charge in [0.1, 0.15) is 48.2 Å². The van der Waals surface area contributed by atoms with E-state index in [-0.39, 0.29) is 74.3 Å². The number of aliphatic imine (C=N–C) groups is 1. The van der Waals surface area contributed by atoms with E-state index in [9.17, 15) is 63.3 Å². The molecule has 524 valence electrons. The predicted molar refractivity (Wildman–Crippen MR) is 348 cm³/mol. The van der Waals surface area contributed by atoms with Crippen LogP contribution >= 0.6 is 0 Å². The Morgan fingerprint density at radius 3 is 1.99 bits per heavy atom. The van der Waals surface area contributed by atoms with Crippen molar-refractivity contribution in [1.82, 2.24) is 53.2 Å². The topological polar surface area (TPSA) is 490 Å². The monoisotopic (exact) mass is 1320 g/mol. The van der Waals surface area contributed by atoms with Crippen molar-refractivity contribution >= 4 is 77.3 Å². The van der Waals surface area contributed by atoms with Gasteiger partial charge in [-0.25, -0.2) is 9.59 Å². The molecule has 2 aromatic rings. The number of benzene rings is 2. The molecule has 3 unspecified atom stereocenters. The van der Waals surface area contributed by atoms with Crippen molar-refractivity contribution in [3.05, 3.63) is 60.2 Å². The second-order valence-electron chi connectivity index (χ2n) is 25.0. The lowest BCUT2D eigenvalue weighted by Crippen LogP contribution is -2.67. The molecule has 2 aromatic carbocycles. The highest BCUT2D eigenvalue weighted by atomic mass is 16.5. The molecular weight excluding hydrogens is 1220 g/mol. The number of amides is 11. The third kappa shape index (κ3) is 25.8. The summed E-state index contributed by atoms with van der Waals surface area (Å²) in [7, 11) is 1.46. The highest BCUT2D eigenvalue weighted by Gasteiger charge is 2.46. The summed E-state index contributed by atoms with van der Waals surface area (Å²) >= 11 is 0. The van der Waals surface area contributed by atoms with Crippen LogP contribution in [0.3, 0.4) is 0 Å². The maximum Gasteiger partial charge on any atom is 0.329 e. The minimum atomic E-state index is -1.94. The van der Waals surface area contributed by atoms with E-state index < -0.39 is 162 Å². The van der Waals surface area contributed by atoms with E-state index in [2.05, 4.69) is 63.5 Å². The van der Waals surface area contributed by atoms with Gasteiger partial charge in [0, 0.05) is 18.3 Å². The summed E-state index contributed by atoms with van der Waals surface area (Å²) in [6, 6.07) is 0.328. The fourth-order valence-corrected chi connectivity index (χ4v) is 10.5. The van der Waals surface area contributed by atoms with Crippen LogP contribution in [0.4, 0.5) is 10.5 Å². The zero-order valence-corrected chi connectivity index (χ0v) is 55.7. The number of nitrogens with zero attached hydrogens (tertiary/aromatic N) is 1. The van der Waals surface area contributed by atoms with Gasteiger partial charge in [-0.1, -0.05) is 105 Å². The van der Waals surface area contributed by atoms with Gasteiger partial charge in [0.15, 0.2) is 12.1 Å². The molecule has 0 saturated carbocycles. The minimum absolute atomic E-state index is 0.0108. The van der Waals surface area contributed by atoms with E-state index in [1.54, 1.807) is 90.9 Å². The SMILES string of the molecule is CC[C@H](C)[C@H](NC(=O)[C@@H](CCCN=C(N)NC(=O)Nc1cccc(OC)c1)NC(O)[C@H]1NC(=O)[C@@H](NC(=O)[C@@H](NC(=O)[C@H](CC(C)C)NC(=O)[C@H](N)CC(C)C)[C@H](OC(=O)[C@H](C)NC=O)c2ccccc2)[C@H](O)C(C)CC1C(C)C)C(=O)N[C@H](C(=O)NCC(N)=O)[C@H](C)O. The van der Waals surface area contributed by atoms with Gasteiger partial charge in [0.2, 0.25) is 53.7 Å². The third-order valence-corrected chi connectivity index (χ3v) is 15.9. The summed E-state index contributed by atoms with van der Waals surface area (Å²) in [5.74, 6) is -11.0. The lowest BCUT2D eigenvalue weighted by molar-refractivity contribution is -0.157. The van der Waals surface area contributed by atoms with Crippen molar-refractivity contribution in [1.29, 1.82) is 0 Å². The van der Waals surface area contributed by atoms with Gasteiger partial charge in [-0.3, -0.25) is 58.8 Å². The number of aliphatic hydroxyl groups is 3. The summed E-state index contributed by atoms with van der Waals surface area (Å²) in [6.07, 6.45) is -5.94. The molecule has 94 heavy (non-hydrogen) atoms. The number of esters is 1. The normalized spacial score (nSPS) is 20.2. The van der Waals surface area contributed by atoms with Gasteiger partial charge in [0.25, 0.3) is 0 Å². The average Bonchev–Trinajstić information content (AvgIpc) is 0.938. The Hall–Kier alpha value is -8.52. The standard InChI is InChI=1S/C63H101N15O16/c1-13-34(8)46(57(87)74-47(37(11)80)56(86)68-29-45(65)81)73-54(84)43(23-18-24-67-62(66)78-63(92)70-39-21-17-22-40(28-39)93-12)71-58(88)48-41(33(6)7)27-35(9)51(82)49(59(89)75-48)76-60(90)50(52(38-19-15-14-16-20-38)94-61(91)36(10)69-30-79)77-55(85)44(26-32(4)5)72-53(83)42(64)25-31(2)3/h14-17,19-22,28,30-37,41-44,46-52,58,71,80,82,88H,13,18,23-27,29,64H2,1-12H3,(H2,65,81)(H,68,86)(H,69,79)(H,72,83)(H,73,84)(H,74,87)(H,75,89)(H,76,90)(H,77,85)(H4,66,67,70,78,92)/t34-,35?,36-,37-,41?,42+,43+,44-,46-,47-,48-,49-,50-,51+,52+,58?/m0/s1. The lowest BCUT2D eigenvalue weighted by atomic mass is 9.76. The maximum atomic E-state index is 15.2. The Morgan fingerprint density at radius 2 is 1.40 bits per heavy atom. The second-order valence-corrected chi connectivity index (χ2v) is 25.0. The number of urea groups is 1. The summed E-state index contributed by atoms with van der Waals surface area (Å²) in [6.45, 7) is 17.7. The fourth-order valence-electron chi connectivity index (χ4n) is 10.5. The van der Waals surface area contributed by atoms with Crippen molar-refractivity contribution < 1.29 is 77.5 Å². The number of nitrogens with one attached hydrogen (secondary N) is 11. The number of methoxy groups -OCH3 is 1. The predicted octanol–water partition coefficient (Wildman–Crippen LogP) is -1.36. The summed E-state index contributed by atoms with van der Waals surface area (Å²) < 4.78 is 11.1. The van der Waals surface area contributed by atoms with Crippen LogP contribution in [-0.4, -0.2) is 180 Å². The first-order valence-electron chi connectivity index (χ1n) is 31.6. The Labute approximate surface area is 548 Å². The highest BCUT2D eigenvalue weighted by Crippen LogP contribution is 2.31. The number of aliphatic hydroxyl groups excluding tert-OH is 3. The van der Waals surface area contributed by atoms with E-state index in [4.69, 9.17) is 26.7 Å². The van der Waals surface area contributed by atoms with E-state index in [1.807, 2.05) is 13.8 Å². The minimum Gasteiger partial charge on any atom is -0.497 e. The number of primary amides is 1. The third-order valence-electron chi connectivity index (χ3n) is 15.9. The average molecular weight is 1320 g/mol. The molecule has 0 aliphatic carbocycles. The number of hydrogen-bond acceptors (Lipinski definition) is 19. The molecule has 1 fully saturated rings. The van der Waals surface area contributed by atoms with Crippen molar-refractivity contribution in [2.45, 2.75) is 194 Å². The van der Waals surface area contributed by atoms with Crippen LogP contribution in [0.5, 0.6) is 5.75 Å². The second kappa shape index (κ2) is 39.2. The van der Waals surface area contributed by atoms with Crippen LogP contribution in [0.2, 0.25) is 0 Å². The van der Waals surface area contributed by atoms with Crippen LogP contribution in [0, 0.1) is 35.5 Å². The fraction of sp³-hybridized carbons (Fsp3) is 0.619. The molecule has 1 saturated heterocycles. The molecule has 0 bridgehead atoms. The van der Waals surface area contributed by atoms with Crippen molar-refractivity contribution in [3.63, 3.8) is 0 Å². The van der Waals surface area contributed by atoms with Gasteiger partial charge < -0.3 is 89.8 Å². The van der Waals surface area contributed by atoms with Crippen LogP contribution in [0.25, 0.3) is 0 Å². The summed E-state index contributed by atoms with van der Waals surface area (Å²) in [5, 5.41) is 63.5. The molecule has 1 heterocycles. The van der Waals surface area contributed by atoms with Gasteiger partial charge in [-0.2, -0.15) is 0 Å². The number of guanidine groups is 1. The molecule has 1 aliphatic heterocycles. The molecule has 20 N–H and O–H groups in total. The Kier molecular flexibility index (Phi) is 33.3. The Balaban J connectivity index is 2.14. The van der Waals surface area contributed by atoms with Crippen LogP contribution in [0.15, 0.2) is 59.6 Å². The van der Waals surface area contributed by atoms with Gasteiger partial charge >= 0.3 is 12.0 Å². The Morgan fingerprint density at radius 1 is 0.777 bits per heavy atom. The number of nitrogens with two attached hydrogens (primary N) is 3. The smallest absolute Gasteiger partial charge is 0.329 e. The van der Waals surface area contributed by atoms with Crippen LogP contribution in [0.1, 0.15) is 126 Å². The molecule has 3 rings (SSSR count). The van der Waals surface area contributed by atoms with Gasteiger partial charge in [-0.05, 0) is 99.2 Å². The lowest BCUT2D eigenvalue weighted by Gasteiger charge is -2.42. The number of hydrogen-bond donors (Lipinski definition) is 17. The van der Waals surface area contributed by atoms with Crippen molar-refractivity contribution in [2.24, 2.45) is 57.7 Å². The molecule has 0 aromatic heterocycles. The Bertz CT molecular complexity index is 2880. The zero-order chi connectivity index (χ0) is 70.7. The number of ether oxygens (including phenoxy) is 2. The number of rotatable bonds is 36. The van der Waals surface area contributed by atoms with Gasteiger partial charge in [0.05, 0.1) is 44.0 Å². The van der Waals surface area contributed by atoms with Crippen molar-refractivity contribution in [2.75, 3.05) is 25.5 Å². The van der Waals surface area contributed by atoms with E-state index in [1.165, 1.54) is 33.1 Å². The summed E-state index contributed by atoms with van der Waals surface area (Å²) in [4.78, 5) is 154. The quantitative estimate of drug-likeness (QED) is 0.00935. The molecule has 31 heteroatoms. The number of carbonyl (C=O) groups is 11. The highest BCUT2D eigenvalue weighted by molar-refractivity contribution is 6.02. The summed E-state index contributed by atoms with van der Waals surface area (Å²) in [5.41, 5.74) is 18.0. The van der Waals surface area contributed by atoms with E-state index >= 15 is 4.79 Å². The molecule has 0 spiro atoms. The first kappa shape index (κ1) is 79.7. The van der Waals surface area contributed by atoms with Crippen molar-refractivity contribution in [3.8, 4) is 5.75 Å². The van der Waals surface area contributed by atoms with Gasteiger partial charge in [-0.15, -0.1) is 0 Å². The first-order chi connectivity index (χ1) is 44.2. The number of carbonyl (C=O) groups excluding carboxylic acids is 11. The maximum absolute atomic E-state index is 15.2. The molecular formula is C63H101N15O16. The molecule has 0 radical (unpaired) electrons. The van der Waals surface area contributed by atoms with Crippen LogP contribution < -0.4 is 80.4 Å². The largest absolute Gasteiger partial charge is 0.497 e. The molecule has 16 atom stereocenters. The first-order valence-corrected chi connectivity index (χ1v) is 31.6. The molecule has 31 nitrogen and oxygen atoms in total. The van der Waals surface area contributed by atoms with E-state index in [0.29, 0.717) is 17.9 Å². The molecule has 11 amide bonds. The zero-order valence-electron chi connectivity index (χ0n) is 55.7. The molecule has 1 aliphatic rings. The van der Waals surface area contributed by atoms with E-state index in [0.717, 1.165) is 0 Å². The van der Waals surface area contributed by atoms with Crippen LogP contribution in [-0.2, 0) is 52.7 Å². The number of anilines is 1.